The third kappa shape index (κ3) is 1.18. The van der Waals surface area contributed by atoms with Crippen LogP contribution in [0.3, 0.4) is 0 Å². The van der Waals surface area contributed by atoms with Crippen molar-refractivity contribution in [1.82, 2.24) is 9.97 Å². The Morgan fingerprint density at radius 3 is 2.91 bits per heavy atom. The number of rotatable bonds is 2. The zero-order chi connectivity index (χ0) is 7.84. The molecule has 0 radical (unpaired) electrons. The molecule has 2 rings (SSSR count). The molecule has 1 aliphatic carbocycles. The van der Waals surface area contributed by atoms with Crippen LogP contribution in [0.1, 0.15) is 42.0 Å². The number of ketones is 1. The second-order valence-corrected chi connectivity index (χ2v) is 3.01. The normalized spacial score (nSPS) is 16.8. The lowest BCUT2D eigenvalue weighted by atomic mass is 10.3. The van der Waals surface area contributed by atoms with Gasteiger partial charge in [0.05, 0.1) is 6.20 Å². The van der Waals surface area contributed by atoms with Crippen LogP contribution in [0.4, 0.5) is 0 Å². The zero-order valence-corrected chi connectivity index (χ0v) is 6.42. The fraction of sp³-hybridized carbons (Fsp3) is 0.500. The molecule has 0 aromatic carbocycles. The van der Waals surface area contributed by atoms with E-state index in [1.54, 1.807) is 13.1 Å². The Morgan fingerprint density at radius 1 is 1.73 bits per heavy atom. The van der Waals surface area contributed by atoms with Crippen LogP contribution in [0.15, 0.2) is 6.20 Å². The van der Waals surface area contributed by atoms with E-state index in [2.05, 4.69) is 9.97 Å². The van der Waals surface area contributed by atoms with Gasteiger partial charge in [-0.05, 0) is 12.8 Å². The summed E-state index contributed by atoms with van der Waals surface area (Å²) >= 11 is 0. The number of hydrogen-bond acceptors (Lipinski definition) is 2. The molecular formula is C8H10N2O. The molecule has 1 N–H and O–H groups in total. The van der Waals surface area contributed by atoms with Gasteiger partial charge in [-0.15, -0.1) is 0 Å². The molecule has 0 saturated heterocycles. The van der Waals surface area contributed by atoms with E-state index in [0.29, 0.717) is 11.6 Å². The molecule has 0 aliphatic heterocycles. The third-order valence-corrected chi connectivity index (χ3v) is 1.94. The molecule has 1 heterocycles. The molecule has 1 aliphatic rings. The van der Waals surface area contributed by atoms with Crippen molar-refractivity contribution in [3.8, 4) is 0 Å². The highest BCUT2D eigenvalue weighted by atomic mass is 16.1. The molecule has 0 atom stereocenters. The molecule has 0 unspecified atom stereocenters. The highest BCUT2D eigenvalue weighted by Gasteiger charge is 2.26. The molecule has 1 saturated carbocycles. The van der Waals surface area contributed by atoms with Crippen LogP contribution in [0.2, 0.25) is 0 Å². The standard InChI is InChI=1S/C8H10N2O/c1-5(11)7-4-9-8(10-7)6-2-3-6/h4,6H,2-3H2,1H3,(H,9,10). The van der Waals surface area contributed by atoms with Gasteiger partial charge in [0.1, 0.15) is 11.5 Å². The van der Waals surface area contributed by atoms with Gasteiger partial charge in [-0.25, -0.2) is 4.98 Å². The average molecular weight is 150 g/mol. The molecule has 0 bridgehead atoms. The van der Waals surface area contributed by atoms with E-state index >= 15 is 0 Å². The van der Waals surface area contributed by atoms with Gasteiger partial charge in [0.15, 0.2) is 5.78 Å². The fourth-order valence-electron chi connectivity index (χ4n) is 1.08. The second-order valence-electron chi connectivity index (χ2n) is 3.01. The van der Waals surface area contributed by atoms with Gasteiger partial charge in [-0.1, -0.05) is 0 Å². The van der Waals surface area contributed by atoms with Crippen molar-refractivity contribution in [3.05, 3.63) is 17.7 Å². The Balaban J connectivity index is 2.25. The smallest absolute Gasteiger partial charge is 0.177 e. The summed E-state index contributed by atoms with van der Waals surface area (Å²) in [4.78, 5) is 18.0. The molecule has 11 heavy (non-hydrogen) atoms. The van der Waals surface area contributed by atoms with Crippen LogP contribution < -0.4 is 0 Å². The number of carbonyl (C=O) groups excluding carboxylic acids is 1. The summed E-state index contributed by atoms with van der Waals surface area (Å²) in [5.74, 6) is 1.64. The minimum atomic E-state index is 0.0596. The van der Waals surface area contributed by atoms with Crippen molar-refractivity contribution in [2.24, 2.45) is 0 Å². The van der Waals surface area contributed by atoms with Crippen LogP contribution >= 0.6 is 0 Å². The van der Waals surface area contributed by atoms with E-state index in [1.807, 2.05) is 0 Å². The van der Waals surface area contributed by atoms with E-state index in [4.69, 9.17) is 0 Å². The van der Waals surface area contributed by atoms with Gasteiger partial charge >= 0.3 is 0 Å². The minimum absolute atomic E-state index is 0.0596. The number of aromatic nitrogens is 2. The molecule has 3 heteroatoms. The Morgan fingerprint density at radius 2 is 2.45 bits per heavy atom. The predicted octanol–water partition coefficient (Wildman–Crippen LogP) is 1.49. The zero-order valence-electron chi connectivity index (χ0n) is 6.42. The van der Waals surface area contributed by atoms with Crippen LogP contribution in [0, 0.1) is 0 Å². The van der Waals surface area contributed by atoms with E-state index < -0.39 is 0 Å². The first-order valence-electron chi connectivity index (χ1n) is 3.83. The lowest BCUT2D eigenvalue weighted by Gasteiger charge is -1.87. The van der Waals surface area contributed by atoms with Crippen molar-refractivity contribution < 1.29 is 4.79 Å². The predicted molar refractivity (Wildman–Crippen MR) is 40.6 cm³/mol. The Labute approximate surface area is 64.8 Å². The molecule has 58 valence electrons. The lowest BCUT2D eigenvalue weighted by molar-refractivity contribution is 0.101. The maximum atomic E-state index is 10.8. The quantitative estimate of drug-likeness (QED) is 0.649. The molecule has 1 fully saturated rings. The number of carbonyl (C=O) groups is 1. The van der Waals surface area contributed by atoms with Crippen molar-refractivity contribution in [1.29, 1.82) is 0 Å². The van der Waals surface area contributed by atoms with E-state index in [1.165, 1.54) is 12.8 Å². The monoisotopic (exact) mass is 150 g/mol. The molecule has 0 spiro atoms. The van der Waals surface area contributed by atoms with Gasteiger partial charge in [0.2, 0.25) is 0 Å². The molecule has 1 aromatic heterocycles. The summed E-state index contributed by atoms with van der Waals surface area (Å²) in [6.07, 6.45) is 4.05. The summed E-state index contributed by atoms with van der Waals surface area (Å²) in [6, 6.07) is 0. The first kappa shape index (κ1) is 6.58. The summed E-state index contributed by atoms with van der Waals surface area (Å²) < 4.78 is 0. The van der Waals surface area contributed by atoms with Gasteiger partial charge in [-0.3, -0.25) is 4.79 Å². The van der Waals surface area contributed by atoms with E-state index in [-0.39, 0.29) is 5.78 Å². The number of hydrogen-bond donors (Lipinski definition) is 1. The largest absolute Gasteiger partial charge is 0.339 e. The maximum absolute atomic E-state index is 10.8. The molecule has 3 nitrogen and oxygen atoms in total. The highest BCUT2D eigenvalue weighted by molar-refractivity contribution is 5.91. The number of Topliss-reactive ketones (excluding diaryl/α,β-unsaturated/α-hetero) is 1. The summed E-state index contributed by atoms with van der Waals surface area (Å²) in [7, 11) is 0. The number of H-pyrrole nitrogens is 1. The third-order valence-electron chi connectivity index (χ3n) is 1.94. The number of nitrogens with zero attached hydrogens (tertiary/aromatic N) is 1. The Hall–Kier alpha value is -1.12. The topological polar surface area (TPSA) is 45.8 Å². The second kappa shape index (κ2) is 2.19. The first-order chi connectivity index (χ1) is 5.27. The van der Waals surface area contributed by atoms with E-state index in [9.17, 15) is 4.79 Å². The maximum Gasteiger partial charge on any atom is 0.177 e. The van der Waals surface area contributed by atoms with Crippen LogP contribution in [-0.4, -0.2) is 15.8 Å². The van der Waals surface area contributed by atoms with Crippen molar-refractivity contribution >= 4 is 5.78 Å². The van der Waals surface area contributed by atoms with Crippen molar-refractivity contribution in [2.75, 3.05) is 0 Å². The average Bonchev–Trinajstić information content (AvgIpc) is 2.68. The Bertz CT molecular complexity index is 286. The number of nitrogens with one attached hydrogen (secondary N) is 1. The van der Waals surface area contributed by atoms with Gasteiger partial charge in [-0.2, -0.15) is 0 Å². The first-order valence-corrected chi connectivity index (χ1v) is 3.83. The number of aromatic amines is 1. The lowest BCUT2D eigenvalue weighted by Crippen LogP contribution is -1.91. The van der Waals surface area contributed by atoms with Gasteiger partial charge in [0.25, 0.3) is 0 Å². The summed E-state index contributed by atoms with van der Waals surface area (Å²) in [5, 5.41) is 0. The highest BCUT2D eigenvalue weighted by Crippen LogP contribution is 2.37. The van der Waals surface area contributed by atoms with Gasteiger partial charge < -0.3 is 4.98 Å². The van der Waals surface area contributed by atoms with Crippen molar-refractivity contribution in [2.45, 2.75) is 25.7 Å². The Kier molecular flexibility index (Phi) is 1.31. The molecular weight excluding hydrogens is 140 g/mol. The van der Waals surface area contributed by atoms with Crippen LogP contribution in [0.5, 0.6) is 0 Å². The van der Waals surface area contributed by atoms with Crippen LogP contribution in [0.25, 0.3) is 0 Å². The van der Waals surface area contributed by atoms with Crippen molar-refractivity contribution in [3.63, 3.8) is 0 Å². The fourth-order valence-corrected chi connectivity index (χ4v) is 1.08. The molecule has 1 aromatic rings. The number of imidazole rings is 1. The van der Waals surface area contributed by atoms with Gasteiger partial charge in [0, 0.05) is 12.8 Å². The SMILES string of the molecule is CC(=O)c1cnc(C2CC2)[nH]1. The van der Waals surface area contributed by atoms with Crippen LogP contribution in [-0.2, 0) is 0 Å². The van der Waals surface area contributed by atoms with E-state index in [0.717, 1.165) is 5.82 Å². The molecule has 0 amide bonds. The summed E-state index contributed by atoms with van der Waals surface area (Å²) in [6.45, 7) is 1.55. The minimum Gasteiger partial charge on any atom is -0.339 e. The summed E-state index contributed by atoms with van der Waals surface area (Å²) in [5.41, 5.74) is 0.631.